The molecule has 0 aliphatic heterocycles. The molecule has 184 valence electrons. The molecule has 0 fully saturated rings. The van der Waals surface area contributed by atoms with Crippen LogP contribution in [0.1, 0.15) is 78.1 Å². The normalized spacial score (nSPS) is 11.9. The van der Waals surface area contributed by atoms with Crippen molar-refractivity contribution in [3.63, 3.8) is 0 Å². The van der Waals surface area contributed by atoms with Crippen molar-refractivity contribution in [1.29, 1.82) is 0 Å². The van der Waals surface area contributed by atoms with Crippen LogP contribution in [0.15, 0.2) is 0 Å². The molecule has 0 spiro atoms. The number of ether oxygens (including phenoxy) is 2. The maximum Gasteiger partial charge on any atom is 0.307 e. The predicted octanol–water partition coefficient (Wildman–Crippen LogP) is 3.41. The van der Waals surface area contributed by atoms with E-state index in [1.54, 1.807) is 0 Å². The van der Waals surface area contributed by atoms with Crippen molar-refractivity contribution in [2.45, 2.75) is 78.1 Å². The summed E-state index contributed by atoms with van der Waals surface area (Å²) in [5.41, 5.74) is 0. The Labute approximate surface area is 209 Å². The third-order valence-electron chi connectivity index (χ3n) is 4.42. The van der Waals surface area contributed by atoms with E-state index < -0.39 is 48.6 Å². The van der Waals surface area contributed by atoms with Gasteiger partial charge in [0.25, 0.3) is 0 Å². The molecule has 2 radical (unpaired) electrons. The van der Waals surface area contributed by atoms with Crippen LogP contribution >= 0.6 is 0 Å². The van der Waals surface area contributed by atoms with E-state index in [4.69, 9.17) is 9.47 Å². The number of aliphatic carboxylic acids is 2. The number of carboxylic acids is 2. The van der Waals surface area contributed by atoms with Gasteiger partial charge in [-0.3, -0.25) is 19.2 Å². The van der Waals surface area contributed by atoms with Crippen LogP contribution < -0.4 is 0 Å². The van der Waals surface area contributed by atoms with Gasteiger partial charge in [0.1, 0.15) is 0 Å². The standard InChI is InChI=1S/C20H34O8.2Ag/c1-3-5-7-9-11-27-17(21)13-15(19(23)24)16(20(25)26)14-18(22)28-12-10-8-6-4-2;;/h15-16H,3-14H2,1-2H3,(H,23,24)(H,25,26);;. The van der Waals surface area contributed by atoms with Crippen LogP contribution in [-0.2, 0) is 73.4 Å². The fourth-order valence-corrected chi connectivity index (χ4v) is 2.71. The first kappa shape index (κ1) is 34.0. The number of carbonyl (C=O) groups excluding carboxylic acids is 2. The zero-order valence-electron chi connectivity index (χ0n) is 17.6. The van der Waals surface area contributed by atoms with Crippen molar-refractivity contribution in [1.82, 2.24) is 0 Å². The van der Waals surface area contributed by atoms with Crippen LogP contribution in [0.2, 0.25) is 0 Å². The first-order chi connectivity index (χ1) is 13.3. The zero-order chi connectivity index (χ0) is 21.4. The van der Waals surface area contributed by atoms with E-state index in [2.05, 4.69) is 0 Å². The van der Waals surface area contributed by atoms with Gasteiger partial charge in [0.15, 0.2) is 0 Å². The van der Waals surface area contributed by atoms with Gasteiger partial charge in [-0.15, -0.1) is 0 Å². The molecule has 0 bridgehead atoms. The molecule has 0 saturated carbocycles. The molecular formula is C20H34Ag2O8. The van der Waals surface area contributed by atoms with E-state index in [1.807, 2.05) is 13.8 Å². The molecule has 0 rings (SSSR count). The monoisotopic (exact) mass is 616 g/mol. The molecule has 2 unspecified atom stereocenters. The minimum Gasteiger partial charge on any atom is -0.481 e. The maximum atomic E-state index is 11.9. The Morgan fingerprint density at radius 2 is 0.967 bits per heavy atom. The van der Waals surface area contributed by atoms with Crippen molar-refractivity contribution < 1.29 is 83.6 Å². The van der Waals surface area contributed by atoms with Crippen LogP contribution in [0, 0.1) is 11.8 Å². The minimum atomic E-state index is -1.55. The van der Waals surface area contributed by atoms with E-state index in [0.717, 1.165) is 38.5 Å². The van der Waals surface area contributed by atoms with Gasteiger partial charge in [0.2, 0.25) is 0 Å². The van der Waals surface area contributed by atoms with Crippen molar-refractivity contribution in [2.24, 2.45) is 11.8 Å². The molecule has 0 amide bonds. The number of hydrogen-bond donors (Lipinski definition) is 2. The molecule has 2 atom stereocenters. The van der Waals surface area contributed by atoms with E-state index in [0.29, 0.717) is 12.8 Å². The SMILES string of the molecule is CCCCCCOC(=O)CC(C(=O)O)C(CC(=O)OCCCCCC)C(=O)O.[Ag].[Ag]. The Morgan fingerprint density at radius 1 is 0.633 bits per heavy atom. The fourth-order valence-electron chi connectivity index (χ4n) is 2.71. The Hall–Kier alpha value is -0.639. The van der Waals surface area contributed by atoms with E-state index in [9.17, 15) is 29.4 Å². The van der Waals surface area contributed by atoms with E-state index in [-0.39, 0.29) is 58.0 Å². The summed E-state index contributed by atoms with van der Waals surface area (Å²) < 4.78 is 9.99. The zero-order valence-corrected chi connectivity index (χ0v) is 20.6. The maximum absolute atomic E-state index is 11.9. The van der Waals surface area contributed by atoms with Crippen molar-refractivity contribution in [2.75, 3.05) is 13.2 Å². The second-order valence-electron chi connectivity index (χ2n) is 6.86. The summed E-state index contributed by atoms with van der Waals surface area (Å²) in [5, 5.41) is 18.7. The van der Waals surface area contributed by atoms with Gasteiger partial charge in [-0.2, -0.15) is 0 Å². The molecule has 0 aliphatic rings. The average Bonchev–Trinajstić information content (AvgIpc) is 2.63. The molecule has 0 heterocycles. The smallest absolute Gasteiger partial charge is 0.307 e. The van der Waals surface area contributed by atoms with Crippen molar-refractivity contribution in [3.05, 3.63) is 0 Å². The molecule has 0 aromatic carbocycles. The first-order valence-electron chi connectivity index (χ1n) is 10.1. The Morgan fingerprint density at radius 3 is 1.23 bits per heavy atom. The van der Waals surface area contributed by atoms with Gasteiger partial charge >= 0.3 is 23.9 Å². The number of rotatable bonds is 17. The summed E-state index contributed by atoms with van der Waals surface area (Å²) in [4.78, 5) is 46.7. The van der Waals surface area contributed by atoms with E-state index >= 15 is 0 Å². The predicted molar refractivity (Wildman–Crippen MR) is 102 cm³/mol. The van der Waals surface area contributed by atoms with Crippen LogP contribution in [0.5, 0.6) is 0 Å². The second-order valence-corrected chi connectivity index (χ2v) is 6.86. The Balaban J connectivity index is -0.00000364. The third-order valence-corrected chi connectivity index (χ3v) is 4.42. The molecule has 0 aliphatic carbocycles. The fraction of sp³-hybridized carbons (Fsp3) is 0.800. The number of esters is 2. The first-order valence-corrected chi connectivity index (χ1v) is 10.1. The summed E-state index contributed by atoms with van der Waals surface area (Å²) in [6.45, 7) is 4.43. The number of hydrogen-bond acceptors (Lipinski definition) is 6. The van der Waals surface area contributed by atoms with E-state index in [1.165, 1.54) is 0 Å². The summed E-state index contributed by atoms with van der Waals surface area (Å²) in [7, 11) is 0. The quantitative estimate of drug-likeness (QED) is 0.144. The van der Waals surface area contributed by atoms with Gasteiger partial charge in [0.05, 0.1) is 37.9 Å². The van der Waals surface area contributed by atoms with Crippen molar-refractivity contribution in [3.8, 4) is 0 Å². The summed E-state index contributed by atoms with van der Waals surface area (Å²) in [5.74, 6) is -7.55. The number of carbonyl (C=O) groups is 4. The minimum absolute atomic E-state index is 0. The van der Waals surface area contributed by atoms with Crippen LogP contribution in [0.3, 0.4) is 0 Å². The Kier molecular flexibility index (Phi) is 24.5. The van der Waals surface area contributed by atoms with Gasteiger partial charge < -0.3 is 19.7 Å². The van der Waals surface area contributed by atoms with Gasteiger partial charge in [0, 0.05) is 44.8 Å². The summed E-state index contributed by atoms with van der Waals surface area (Å²) in [6.07, 6.45) is 6.03. The number of unbranched alkanes of at least 4 members (excludes halogenated alkanes) is 6. The number of carboxylic acid groups (broad SMARTS) is 2. The third kappa shape index (κ3) is 17.1. The van der Waals surface area contributed by atoms with Crippen LogP contribution in [-0.4, -0.2) is 47.3 Å². The second kappa shape index (κ2) is 21.6. The van der Waals surface area contributed by atoms with Gasteiger partial charge in [-0.05, 0) is 12.8 Å². The molecule has 0 aromatic rings. The average molecular weight is 618 g/mol. The molecular weight excluding hydrogens is 584 g/mol. The molecule has 0 aromatic heterocycles. The molecule has 8 nitrogen and oxygen atoms in total. The molecule has 0 saturated heterocycles. The Bertz CT molecular complexity index is 455. The molecule has 10 heteroatoms. The summed E-state index contributed by atoms with van der Waals surface area (Å²) >= 11 is 0. The molecule has 2 N–H and O–H groups in total. The van der Waals surface area contributed by atoms with Gasteiger partial charge in [-0.1, -0.05) is 52.4 Å². The topological polar surface area (TPSA) is 127 Å². The van der Waals surface area contributed by atoms with Crippen LogP contribution in [0.4, 0.5) is 0 Å². The van der Waals surface area contributed by atoms with Crippen LogP contribution in [0.25, 0.3) is 0 Å². The largest absolute Gasteiger partial charge is 0.481 e. The van der Waals surface area contributed by atoms with Crippen molar-refractivity contribution >= 4 is 23.9 Å². The van der Waals surface area contributed by atoms with Gasteiger partial charge in [-0.25, -0.2) is 0 Å². The summed E-state index contributed by atoms with van der Waals surface area (Å²) in [6, 6.07) is 0. The molecule has 30 heavy (non-hydrogen) atoms.